The molecular formula is C31H26N2O6S. The van der Waals surface area contributed by atoms with Crippen molar-refractivity contribution in [2.45, 2.75) is 26.5 Å². The Morgan fingerprint density at radius 3 is 2.50 bits per heavy atom. The number of benzene rings is 3. The van der Waals surface area contributed by atoms with Gasteiger partial charge in [0, 0.05) is 0 Å². The minimum atomic E-state index is -0.987. The van der Waals surface area contributed by atoms with Gasteiger partial charge in [0.25, 0.3) is 5.56 Å². The highest BCUT2D eigenvalue weighted by molar-refractivity contribution is 7.07. The predicted molar refractivity (Wildman–Crippen MR) is 151 cm³/mol. The molecule has 0 radical (unpaired) electrons. The van der Waals surface area contributed by atoms with E-state index in [1.807, 2.05) is 42.5 Å². The summed E-state index contributed by atoms with van der Waals surface area (Å²) in [4.78, 5) is 42.9. The lowest BCUT2D eigenvalue weighted by molar-refractivity contribution is -0.139. The molecule has 1 aliphatic heterocycles. The van der Waals surface area contributed by atoms with Crippen molar-refractivity contribution in [3.8, 4) is 5.75 Å². The number of hydrogen-bond acceptors (Lipinski definition) is 7. The predicted octanol–water partition coefficient (Wildman–Crippen LogP) is 4.08. The van der Waals surface area contributed by atoms with Crippen LogP contribution in [-0.4, -0.2) is 28.2 Å². The van der Waals surface area contributed by atoms with Gasteiger partial charge < -0.3 is 14.6 Å². The molecule has 202 valence electrons. The lowest BCUT2D eigenvalue weighted by atomic mass is 9.96. The van der Waals surface area contributed by atoms with Gasteiger partial charge in [-0.05, 0) is 60.9 Å². The molecule has 1 atom stereocenters. The molecule has 0 fully saturated rings. The number of carboxylic acid groups (broad SMARTS) is 1. The number of aromatic carboxylic acids is 1. The largest absolute Gasteiger partial charge is 0.489 e. The maximum atomic E-state index is 13.7. The van der Waals surface area contributed by atoms with E-state index in [-0.39, 0.29) is 24.3 Å². The Morgan fingerprint density at radius 1 is 1.05 bits per heavy atom. The number of ether oxygens (including phenoxy) is 2. The first-order chi connectivity index (χ1) is 19.4. The summed E-state index contributed by atoms with van der Waals surface area (Å²) < 4.78 is 13.2. The van der Waals surface area contributed by atoms with E-state index in [2.05, 4.69) is 4.99 Å². The highest BCUT2D eigenvalue weighted by Gasteiger charge is 2.33. The van der Waals surface area contributed by atoms with Crippen molar-refractivity contribution in [1.29, 1.82) is 0 Å². The van der Waals surface area contributed by atoms with Gasteiger partial charge in [-0.1, -0.05) is 65.9 Å². The summed E-state index contributed by atoms with van der Waals surface area (Å²) in [5.74, 6) is -0.867. The molecule has 0 aliphatic carbocycles. The van der Waals surface area contributed by atoms with Crippen LogP contribution in [0, 0.1) is 0 Å². The molecule has 1 aliphatic rings. The Hall–Kier alpha value is -4.76. The average Bonchev–Trinajstić information content (AvgIpc) is 3.26. The molecule has 8 nitrogen and oxygen atoms in total. The van der Waals surface area contributed by atoms with E-state index in [9.17, 15) is 14.4 Å². The number of allylic oxidation sites excluding steroid dienone is 1. The second kappa shape index (κ2) is 11.5. The van der Waals surface area contributed by atoms with Gasteiger partial charge in [-0.15, -0.1) is 0 Å². The van der Waals surface area contributed by atoms with Crippen molar-refractivity contribution in [2.75, 3.05) is 6.61 Å². The van der Waals surface area contributed by atoms with Gasteiger partial charge in [0.1, 0.15) is 12.4 Å². The molecule has 9 heteroatoms. The molecule has 40 heavy (non-hydrogen) atoms. The molecule has 0 unspecified atom stereocenters. The molecule has 0 spiro atoms. The Morgan fingerprint density at radius 2 is 1.80 bits per heavy atom. The Balaban J connectivity index is 1.45. The average molecular weight is 555 g/mol. The van der Waals surface area contributed by atoms with E-state index >= 15 is 0 Å². The molecule has 1 N–H and O–H groups in total. The van der Waals surface area contributed by atoms with Crippen molar-refractivity contribution < 1.29 is 24.2 Å². The number of carbonyl (C=O) groups is 2. The zero-order valence-electron chi connectivity index (χ0n) is 21.9. The molecule has 1 aromatic heterocycles. The van der Waals surface area contributed by atoms with Crippen LogP contribution in [0.3, 0.4) is 0 Å². The van der Waals surface area contributed by atoms with Crippen LogP contribution >= 0.6 is 11.3 Å². The van der Waals surface area contributed by atoms with Crippen LogP contribution in [0.5, 0.6) is 5.75 Å². The van der Waals surface area contributed by atoms with E-state index in [4.69, 9.17) is 14.6 Å². The Labute approximate surface area is 233 Å². The van der Waals surface area contributed by atoms with Gasteiger partial charge in [0.15, 0.2) is 4.80 Å². The molecule has 5 rings (SSSR count). The number of rotatable bonds is 8. The fraction of sp³-hybridized carbons (Fsp3) is 0.161. The van der Waals surface area contributed by atoms with E-state index in [1.54, 1.807) is 54.8 Å². The monoisotopic (exact) mass is 554 g/mol. The van der Waals surface area contributed by atoms with Gasteiger partial charge in [-0.2, -0.15) is 0 Å². The molecule has 0 saturated heterocycles. The first kappa shape index (κ1) is 26.8. The van der Waals surface area contributed by atoms with Crippen LogP contribution in [0.1, 0.15) is 46.9 Å². The number of fused-ring (bicyclic) bond motifs is 1. The lowest BCUT2D eigenvalue weighted by Gasteiger charge is -2.24. The first-order valence-corrected chi connectivity index (χ1v) is 13.5. The van der Waals surface area contributed by atoms with Crippen molar-refractivity contribution in [3.63, 3.8) is 0 Å². The van der Waals surface area contributed by atoms with Crippen LogP contribution in [0.25, 0.3) is 6.08 Å². The van der Waals surface area contributed by atoms with Crippen LogP contribution in [0.2, 0.25) is 0 Å². The van der Waals surface area contributed by atoms with Crippen LogP contribution in [-0.2, 0) is 16.1 Å². The minimum Gasteiger partial charge on any atom is -0.489 e. The molecule has 0 bridgehead atoms. The topological polar surface area (TPSA) is 107 Å². The quantitative estimate of drug-likeness (QED) is 0.329. The summed E-state index contributed by atoms with van der Waals surface area (Å²) in [5, 5.41) is 9.17. The van der Waals surface area contributed by atoms with Crippen LogP contribution in [0.15, 0.2) is 99.9 Å². The van der Waals surface area contributed by atoms with Gasteiger partial charge in [0.05, 0.1) is 34.0 Å². The summed E-state index contributed by atoms with van der Waals surface area (Å²) in [6.07, 6.45) is 1.79. The molecular weight excluding hydrogens is 528 g/mol. The number of carbonyl (C=O) groups excluding carboxylic acids is 1. The van der Waals surface area contributed by atoms with Crippen molar-refractivity contribution in [2.24, 2.45) is 4.99 Å². The second-order valence-electron chi connectivity index (χ2n) is 9.08. The van der Waals surface area contributed by atoms with E-state index in [0.717, 1.165) is 16.7 Å². The normalized spacial score (nSPS) is 14.8. The highest BCUT2D eigenvalue weighted by atomic mass is 32.1. The third-order valence-electron chi connectivity index (χ3n) is 6.39. The first-order valence-electron chi connectivity index (χ1n) is 12.7. The van der Waals surface area contributed by atoms with E-state index < -0.39 is 18.0 Å². The number of esters is 1. The maximum Gasteiger partial charge on any atom is 0.338 e. The molecule has 0 amide bonds. The SMILES string of the molecule is CCOC(=O)C1=C(C)N=c2s/c(=C\c3ccc(OCc4cccc(C(=O)O)c4)cc3)c(=O)n2[C@H]1c1ccccc1. The van der Waals surface area contributed by atoms with E-state index in [1.165, 1.54) is 17.4 Å². The fourth-order valence-electron chi connectivity index (χ4n) is 4.51. The summed E-state index contributed by atoms with van der Waals surface area (Å²) in [6, 6.07) is 22.6. The number of nitrogens with zero attached hydrogens (tertiary/aromatic N) is 2. The zero-order chi connectivity index (χ0) is 28.2. The zero-order valence-corrected chi connectivity index (χ0v) is 22.7. The number of carboxylic acids is 1. The van der Waals surface area contributed by atoms with Gasteiger partial charge in [-0.25, -0.2) is 14.6 Å². The summed E-state index contributed by atoms with van der Waals surface area (Å²) in [6.45, 7) is 3.94. The number of hydrogen-bond donors (Lipinski definition) is 1. The smallest absolute Gasteiger partial charge is 0.338 e. The van der Waals surface area contributed by atoms with Crippen molar-refractivity contribution in [1.82, 2.24) is 4.57 Å². The highest BCUT2D eigenvalue weighted by Crippen LogP contribution is 2.30. The Kier molecular flexibility index (Phi) is 7.75. The molecule has 0 saturated carbocycles. The summed E-state index contributed by atoms with van der Waals surface area (Å²) >= 11 is 1.26. The fourth-order valence-corrected chi connectivity index (χ4v) is 5.56. The van der Waals surface area contributed by atoms with Crippen LogP contribution < -0.4 is 19.6 Å². The summed E-state index contributed by atoms with van der Waals surface area (Å²) in [5.41, 5.74) is 3.17. The molecule has 3 aromatic carbocycles. The maximum absolute atomic E-state index is 13.7. The van der Waals surface area contributed by atoms with Crippen molar-refractivity contribution >= 4 is 29.4 Å². The van der Waals surface area contributed by atoms with Gasteiger partial charge in [-0.3, -0.25) is 9.36 Å². The molecule has 2 heterocycles. The number of aromatic nitrogens is 1. The lowest BCUT2D eigenvalue weighted by Crippen LogP contribution is -2.39. The van der Waals surface area contributed by atoms with Gasteiger partial charge >= 0.3 is 11.9 Å². The second-order valence-corrected chi connectivity index (χ2v) is 10.1. The third-order valence-corrected chi connectivity index (χ3v) is 7.37. The third kappa shape index (κ3) is 5.50. The van der Waals surface area contributed by atoms with Crippen molar-refractivity contribution in [3.05, 3.63) is 132 Å². The standard InChI is InChI=1S/C31H26N2O6S/c1-3-38-30(37)26-19(2)32-31-33(27(26)22-9-5-4-6-10-22)28(34)25(40-31)17-20-12-14-24(15-13-20)39-18-21-8-7-11-23(16-21)29(35)36/h4-17,27H,3,18H2,1-2H3,(H,35,36)/b25-17-/t27-/m0/s1. The summed E-state index contributed by atoms with van der Waals surface area (Å²) in [7, 11) is 0. The Bertz CT molecular complexity index is 1790. The number of thiazole rings is 1. The van der Waals surface area contributed by atoms with Crippen LogP contribution in [0.4, 0.5) is 0 Å². The minimum absolute atomic E-state index is 0.206. The van der Waals surface area contributed by atoms with E-state index in [0.29, 0.717) is 26.4 Å². The van der Waals surface area contributed by atoms with Gasteiger partial charge in [0.2, 0.25) is 0 Å². The molecule has 4 aromatic rings.